The van der Waals surface area contributed by atoms with Crippen LogP contribution in [0.15, 0.2) is 12.1 Å². The van der Waals surface area contributed by atoms with Gasteiger partial charge in [0, 0.05) is 12.6 Å². The third-order valence-corrected chi connectivity index (χ3v) is 2.30. The number of amides is 1. The molecule has 1 aromatic carbocycles. The summed E-state index contributed by atoms with van der Waals surface area (Å²) in [7, 11) is 0. The fourth-order valence-electron chi connectivity index (χ4n) is 0.971. The summed E-state index contributed by atoms with van der Waals surface area (Å²) >= 11 is 11.6. The Morgan fingerprint density at radius 2 is 1.85 bits per heavy atom. The molecule has 0 spiro atoms. The number of anilines is 1. The third kappa shape index (κ3) is 2.61. The normalized spacial score (nSPS) is 9.85. The van der Waals surface area contributed by atoms with Crippen LogP contribution in [0.25, 0.3) is 0 Å². The van der Waals surface area contributed by atoms with Crippen LogP contribution in [0.4, 0.5) is 5.69 Å². The van der Waals surface area contributed by atoms with Gasteiger partial charge in [-0.15, -0.1) is 0 Å². The summed E-state index contributed by atoms with van der Waals surface area (Å²) in [5, 5.41) is 3.59. The Morgan fingerprint density at radius 1 is 1.31 bits per heavy atom. The Hall–Kier alpha value is -0.730. The third-order valence-electron chi connectivity index (χ3n) is 1.58. The van der Waals surface area contributed by atoms with E-state index in [1.807, 2.05) is 6.92 Å². The number of hydrogen-bond acceptors (Lipinski definition) is 1. The molecule has 4 heteroatoms. The maximum atomic E-state index is 10.8. The van der Waals surface area contributed by atoms with E-state index in [2.05, 4.69) is 5.32 Å². The van der Waals surface area contributed by atoms with E-state index in [-0.39, 0.29) is 5.91 Å². The van der Waals surface area contributed by atoms with E-state index >= 15 is 0 Å². The van der Waals surface area contributed by atoms with Crippen LogP contribution < -0.4 is 5.32 Å². The van der Waals surface area contributed by atoms with Crippen molar-refractivity contribution in [3.63, 3.8) is 0 Å². The van der Waals surface area contributed by atoms with Gasteiger partial charge < -0.3 is 5.32 Å². The second-order valence-corrected chi connectivity index (χ2v) is 3.58. The van der Waals surface area contributed by atoms with Crippen molar-refractivity contribution in [1.29, 1.82) is 0 Å². The SMILES string of the molecule is CC(=O)Nc1cc(Cl)c(Cl)cc1C. The van der Waals surface area contributed by atoms with Gasteiger partial charge in [-0.2, -0.15) is 0 Å². The van der Waals surface area contributed by atoms with Gasteiger partial charge in [0.05, 0.1) is 10.0 Å². The standard InChI is InChI=1S/C9H9Cl2NO/c1-5-3-7(10)8(11)4-9(5)12-6(2)13/h3-4H,1-2H3,(H,12,13). The van der Waals surface area contributed by atoms with Crippen molar-refractivity contribution in [2.75, 3.05) is 5.32 Å². The van der Waals surface area contributed by atoms with E-state index in [1.54, 1.807) is 12.1 Å². The van der Waals surface area contributed by atoms with Crippen molar-refractivity contribution in [2.45, 2.75) is 13.8 Å². The Bertz CT molecular complexity index is 350. The molecule has 0 saturated carbocycles. The molecule has 2 nitrogen and oxygen atoms in total. The first-order valence-electron chi connectivity index (χ1n) is 3.74. The fraction of sp³-hybridized carbons (Fsp3) is 0.222. The number of hydrogen-bond donors (Lipinski definition) is 1. The molecule has 0 atom stereocenters. The zero-order chi connectivity index (χ0) is 10.0. The van der Waals surface area contributed by atoms with Crippen LogP contribution in [0.5, 0.6) is 0 Å². The molecule has 0 aromatic heterocycles. The van der Waals surface area contributed by atoms with Crippen LogP contribution >= 0.6 is 23.2 Å². The number of carbonyl (C=O) groups is 1. The number of rotatable bonds is 1. The van der Waals surface area contributed by atoms with Gasteiger partial charge in [0.2, 0.25) is 5.91 Å². The molecule has 0 fully saturated rings. The maximum Gasteiger partial charge on any atom is 0.221 e. The second-order valence-electron chi connectivity index (χ2n) is 2.76. The van der Waals surface area contributed by atoms with Crippen molar-refractivity contribution in [3.05, 3.63) is 27.7 Å². The van der Waals surface area contributed by atoms with Gasteiger partial charge in [-0.25, -0.2) is 0 Å². The highest BCUT2D eigenvalue weighted by Crippen LogP contribution is 2.28. The molecule has 70 valence electrons. The summed E-state index contributed by atoms with van der Waals surface area (Å²) < 4.78 is 0. The quantitative estimate of drug-likeness (QED) is 0.769. The lowest BCUT2D eigenvalue weighted by Gasteiger charge is -2.07. The molecule has 13 heavy (non-hydrogen) atoms. The molecule has 1 rings (SSSR count). The first kappa shape index (κ1) is 10.4. The van der Waals surface area contributed by atoms with Crippen LogP contribution in [-0.2, 0) is 4.79 Å². The number of aryl methyl sites for hydroxylation is 1. The Balaban J connectivity index is 3.08. The Morgan fingerprint density at radius 3 is 2.38 bits per heavy atom. The van der Waals surface area contributed by atoms with Crippen molar-refractivity contribution in [3.8, 4) is 0 Å². The molecular formula is C9H9Cl2NO. The van der Waals surface area contributed by atoms with Gasteiger partial charge in [-0.05, 0) is 24.6 Å². The minimum absolute atomic E-state index is 0.124. The van der Waals surface area contributed by atoms with Crippen molar-refractivity contribution < 1.29 is 4.79 Å². The predicted molar refractivity (Wildman–Crippen MR) is 55.5 cm³/mol. The second kappa shape index (κ2) is 3.99. The van der Waals surface area contributed by atoms with E-state index in [0.29, 0.717) is 15.7 Å². The minimum atomic E-state index is -0.124. The summed E-state index contributed by atoms with van der Waals surface area (Å²) in [5.41, 5.74) is 1.59. The van der Waals surface area contributed by atoms with Gasteiger partial charge in [-0.1, -0.05) is 23.2 Å². The monoisotopic (exact) mass is 217 g/mol. The number of benzene rings is 1. The Labute approximate surface area is 86.8 Å². The highest BCUT2D eigenvalue weighted by molar-refractivity contribution is 6.42. The van der Waals surface area contributed by atoms with Gasteiger partial charge >= 0.3 is 0 Å². The van der Waals surface area contributed by atoms with Crippen LogP contribution in [-0.4, -0.2) is 5.91 Å². The predicted octanol–water partition coefficient (Wildman–Crippen LogP) is 3.26. The maximum absolute atomic E-state index is 10.8. The van der Waals surface area contributed by atoms with Crippen molar-refractivity contribution >= 4 is 34.8 Å². The molecule has 0 saturated heterocycles. The lowest BCUT2D eigenvalue weighted by atomic mass is 10.2. The minimum Gasteiger partial charge on any atom is -0.326 e. The summed E-state index contributed by atoms with van der Waals surface area (Å²) in [6.07, 6.45) is 0. The number of halogens is 2. The van der Waals surface area contributed by atoms with Crippen LogP contribution in [0.3, 0.4) is 0 Å². The van der Waals surface area contributed by atoms with Crippen molar-refractivity contribution in [1.82, 2.24) is 0 Å². The van der Waals surface area contributed by atoms with Crippen LogP contribution in [0.1, 0.15) is 12.5 Å². The average Bonchev–Trinajstić information content (AvgIpc) is 1.99. The zero-order valence-corrected chi connectivity index (χ0v) is 8.83. The van der Waals surface area contributed by atoms with Gasteiger partial charge in [-0.3, -0.25) is 4.79 Å². The molecule has 1 N–H and O–H groups in total. The van der Waals surface area contributed by atoms with Crippen molar-refractivity contribution in [2.24, 2.45) is 0 Å². The van der Waals surface area contributed by atoms with E-state index < -0.39 is 0 Å². The molecule has 1 amide bonds. The number of carbonyl (C=O) groups excluding carboxylic acids is 1. The number of nitrogens with one attached hydrogen (secondary N) is 1. The molecule has 0 aliphatic heterocycles. The zero-order valence-electron chi connectivity index (χ0n) is 7.32. The first-order valence-corrected chi connectivity index (χ1v) is 4.49. The fourth-order valence-corrected chi connectivity index (χ4v) is 1.35. The van der Waals surface area contributed by atoms with Crippen LogP contribution in [0, 0.1) is 6.92 Å². The molecule has 1 aromatic rings. The molecule has 0 aliphatic rings. The molecule has 0 bridgehead atoms. The highest BCUT2D eigenvalue weighted by atomic mass is 35.5. The highest BCUT2D eigenvalue weighted by Gasteiger charge is 2.04. The summed E-state index contributed by atoms with van der Waals surface area (Å²) in [6, 6.07) is 3.36. The lowest BCUT2D eigenvalue weighted by molar-refractivity contribution is -0.114. The molecule has 0 heterocycles. The first-order chi connectivity index (χ1) is 6.00. The molecule has 0 unspecified atom stereocenters. The van der Waals surface area contributed by atoms with E-state index in [1.165, 1.54) is 6.92 Å². The molecule has 0 aliphatic carbocycles. The van der Waals surface area contributed by atoms with Gasteiger partial charge in [0.15, 0.2) is 0 Å². The molecular weight excluding hydrogens is 209 g/mol. The Kier molecular flexibility index (Phi) is 3.17. The molecule has 0 radical (unpaired) electrons. The van der Waals surface area contributed by atoms with E-state index in [0.717, 1.165) is 5.56 Å². The summed E-state index contributed by atoms with van der Waals surface area (Å²) in [4.78, 5) is 10.8. The average molecular weight is 218 g/mol. The smallest absolute Gasteiger partial charge is 0.221 e. The lowest BCUT2D eigenvalue weighted by Crippen LogP contribution is -2.06. The van der Waals surface area contributed by atoms with Crippen LogP contribution in [0.2, 0.25) is 10.0 Å². The largest absolute Gasteiger partial charge is 0.326 e. The van der Waals surface area contributed by atoms with E-state index in [9.17, 15) is 4.79 Å². The topological polar surface area (TPSA) is 29.1 Å². The van der Waals surface area contributed by atoms with Gasteiger partial charge in [0.25, 0.3) is 0 Å². The van der Waals surface area contributed by atoms with E-state index in [4.69, 9.17) is 23.2 Å². The summed E-state index contributed by atoms with van der Waals surface area (Å²) in [6.45, 7) is 3.30. The summed E-state index contributed by atoms with van der Waals surface area (Å²) in [5.74, 6) is -0.124. The van der Waals surface area contributed by atoms with Gasteiger partial charge in [0.1, 0.15) is 0 Å².